The van der Waals surface area contributed by atoms with Crippen molar-refractivity contribution in [3.63, 3.8) is 0 Å². The lowest BCUT2D eigenvalue weighted by molar-refractivity contribution is -0.129. The molecule has 3 amide bonds. The number of amidine groups is 1. The zero-order chi connectivity index (χ0) is 32.9. The first-order valence-electron chi connectivity index (χ1n) is 15.3. The number of nitrogens with one attached hydrogen (secondary N) is 2. The molecule has 12 nitrogen and oxygen atoms in total. The Morgan fingerprint density at radius 3 is 2.37 bits per heavy atom. The molecule has 0 bridgehead atoms. The van der Waals surface area contributed by atoms with E-state index in [1.165, 1.54) is 17.1 Å². The van der Waals surface area contributed by atoms with Crippen molar-refractivity contribution in [2.75, 3.05) is 39.4 Å². The monoisotopic (exact) mass is 626 g/mol. The van der Waals surface area contributed by atoms with Gasteiger partial charge in [0.25, 0.3) is 11.8 Å². The summed E-state index contributed by atoms with van der Waals surface area (Å²) in [6, 6.07) is 20.1. The van der Waals surface area contributed by atoms with Crippen LogP contribution < -0.4 is 16.4 Å². The minimum absolute atomic E-state index is 0.0738. The third-order valence-electron chi connectivity index (χ3n) is 7.53. The summed E-state index contributed by atoms with van der Waals surface area (Å²) in [5.41, 5.74) is 9.33. The summed E-state index contributed by atoms with van der Waals surface area (Å²) in [4.78, 5) is 45.7. The fourth-order valence-corrected chi connectivity index (χ4v) is 5.02. The van der Waals surface area contributed by atoms with E-state index in [0.717, 1.165) is 37.6 Å². The lowest BCUT2D eigenvalue weighted by Crippen LogP contribution is -2.55. The largest absolute Gasteiger partial charge is 0.404 e. The highest BCUT2D eigenvalue weighted by Crippen LogP contribution is 2.23. The van der Waals surface area contributed by atoms with Crippen LogP contribution in [0.25, 0.3) is 0 Å². The predicted molar refractivity (Wildman–Crippen MR) is 177 cm³/mol. The van der Waals surface area contributed by atoms with E-state index in [4.69, 9.17) is 10.5 Å². The number of para-hydroxylation sites is 1. The third-order valence-corrected chi connectivity index (χ3v) is 7.53. The SMILES string of the molecule is C=C(CN1CCOCC1)C(=O)NCc1ccccc1.CCN1C(=O)C(NC(=O)c2ccnn2C)C/C(=C/N)C1=Nc1ccccc1. The summed E-state index contributed by atoms with van der Waals surface area (Å²) < 4.78 is 6.74. The van der Waals surface area contributed by atoms with Crippen molar-refractivity contribution in [3.05, 3.63) is 108 Å². The van der Waals surface area contributed by atoms with Gasteiger partial charge in [0, 0.05) is 69.7 Å². The Morgan fingerprint density at radius 2 is 1.76 bits per heavy atom. The molecule has 5 rings (SSSR count). The van der Waals surface area contributed by atoms with Gasteiger partial charge in [-0.05, 0) is 30.7 Å². The normalized spacial score (nSPS) is 18.5. The Labute approximate surface area is 269 Å². The number of aliphatic imine (C=N–C) groups is 1. The van der Waals surface area contributed by atoms with E-state index in [1.54, 1.807) is 18.0 Å². The Bertz CT molecular complexity index is 1550. The number of nitrogens with two attached hydrogens (primary N) is 1. The quantitative estimate of drug-likeness (QED) is 0.309. The number of amides is 3. The van der Waals surface area contributed by atoms with Crippen LogP contribution in [-0.4, -0.2) is 88.6 Å². The summed E-state index contributed by atoms with van der Waals surface area (Å²) in [6.07, 6.45) is 3.26. The first-order chi connectivity index (χ1) is 22.3. The highest BCUT2D eigenvalue weighted by atomic mass is 16.5. The molecule has 2 aliphatic rings. The standard InChI is InChI=1S/C19H22N6O2.C15H20N2O2/c1-3-25-17(22-14-7-5-4-6-8-14)13(12-20)11-15(19(25)27)23-18(26)16-9-10-21-24(16)2;1-13(12-17-7-9-19-10-8-17)15(18)16-11-14-5-3-2-4-6-14/h4-10,12,15H,3,11,20H2,1-2H3,(H,23,26);2-6H,1,7-12H2,(H,16,18)/b13-12-,22-17?;. The van der Waals surface area contributed by atoms with Gasteiger partial charge in [-0.1, -0.05) is 55.1 Å². The number of nitrogens with zero attached hydrogens (tertiary/aromatic N) is 5. The van der Waals surface area contributed by atoms with Crippen molar-refractivity contribution >= 4 is 29.2 Å². The molecule has 1 unspecified atom stereocenters. The summed E-state index contributed by atoms with van der Waals surface area (Å²) >= 11 is 0. The van der Waals surface area contributed by atoms with Gasteiger partial charge in [-0.2, -0.15) is 5.10 Å². The average Bonchev–Trinajstić information content (AvgIpc) is 3.52. The third kappa shape index (κ3) is 9.22. The van der Waals surface area contributed by atoms with E-state index in [9.17, 15) is 14.4 Å². The van der Waals surface area contributed by atoms with Gasteiger partial charge in [-0.25, -0.2) is 4.99 Å². The van der Waals surface area contributed by atoms with E-state index in [2.05, 4.69) is 32.2 Å². The molecule has 1 atom stereocenters. The maximum Gasteiger partial charge on any atom is 0.270 e. The number of benzene rings is 2. The molecule has 0 radical (unpaired) electrons. The molecule has 3 heterocycles. The van der Waals surface area contributed by atoms with E-state index >= 15 is 0 Å². The molecule has 0 saturated carbocycles. The molecular weight excluding hydrogens is 584 g/mol. The Balaban J connectivity index is 0.000000222. The molecule has 2 saturated heterocycles. The molecule has 2 fully saturated rings. The molecular formula is C34H42N8O4. The van der Waals surface area contributed by atoms with Gasteiger partial charge in [0.2, 0.25) is 5.91 Å². The zero-order valence-electron chi connectivity index (χ0n) is 26.4. The molecule has 12 heteroatoms. The lowest BCUT2D eigenvalue weighted by atomic mass is 9.98. The Morgan fingerprint density at radius 1 is 1.09 bits per heavy atom. The molecule has 242 valence electrons. The Hall–Kier alpha value is -5.07. The van der Waals surface area contributed by atoms with E-state index in [-0.39, 0.29) is 24.1 Å². The summed E-state index contributed by atoms with van der Waals surface area (Å²) in [6.45, 7) is 10.5. The highest BCUT2D eigenvalue weighted by Gasteiger charge is 2.36. The first-order valence-corrected chi connectivity index (χ1v) is 15.3. The van der Waals surface area contributed by atoms with E-state index < -0.39 is 6.04 Å². The van der Waals surface area contributed by atoms with Crippen LogP contribution in [-0.2, 0) is 27.9 Å². The second-order valence-corrected chi connectivity index (χ2v) is 10.8. The molecule has 2 aromatic carbocycles. The Kier molecular flexibility index (Phi) is 12.4. The van der Waals surface area contributed by atoms with Crippen molar-refractivity contribution < 1.29 is 19.1 Å². The topological polar surface area (TPSA) is 147 Å². The number of rotatable bonds is 9. The number of piperidine rings is 1. The number of aromatic nitrogens is 2. The van der Waals surface area contributed by atoms with Crippen molar-refractivity contribution in [3.8, 4) is 0 Å². The maximum absolute atomic E-state index is 12.9. The minimum Gasteiger partial charge on any atom is -0.404 e. The van der Waals surface area contributed by atoms with Crippen LogP contribution >= 0.6 is 0 Å². The van der Waals surface area contributed by atoms with Crippen molar-refractivity contribution in [1.82, 2.24) is 30.2 Å². The van der Waals surface area contributed by atoms with Gasteiger partial charge in [-0.3, -0.25) is 28.9 Å². The fraction of sp³-hybridized carbons (Fsp3) is 0.324. The van der Waals surface area contributed by atoms with Crippen molar-refractivity contribution in [2.45, 2.75) is 25.9 Å². The van der Waals surface area contributed by atoms with Crippen LogP contribution in [0.1, 0.15) is 29.4 Å². The number of likely N-dealkylation sites (tertiary alicyclic amines) is 1. The number of ether oxygens (including phenoxy) is 1. The van der Waals surface area contributed by atoms with Gasteiger partial charge in [0.15, 0.2) is 0 Å². The molecule has 1 aromatic heterocycles. The molecule has 4 N–H and O–H groups in total. The number of hydrogen-bond acceptors (Lipinski definition) is 8. The highest BCUT2D eigenvalue weighted by molar-refractivity contribution is 6.13. The van der Waals surface area contributed by atoms with Gasteiger partial charge < -0.3 is 21.1 Å². The lowest BCUT2D eigenvalue weighted by Gasteiger charge is -2.34. The predicted octanol–water partition coefficient (Wildman–Crippen LogP) is 2.53. The smallest absolute Gasteiger partial charge is 0.270 e. The number of hydrogen-bond donors (Lipinski definition) is 3. The van der Waals surface area contributed by atoms with Crippen molar-refractivity contribution in [1.29, 1.82) is 0 Å². The van der Waals surface area contributed by atoms with E-state index in [0.29, 0.717) is 42.3 Å². The molecule has 0 aliphatic carbocycles. The van der Waals surface area contributed by atoms with Gasteiger partial charge in [0.05, 0.1) is 18.9 Å². The number of aryl methyl sites for hydroxylation is 1. The molecule has 0 spiro atoms. The summed E-state index contributed by atoms with van der Waals surface area (Å²) in [7, 11) is 1.67. The average molecular weight is 627 g/mol. The summed E-state index contributed by atoms with van der Waals surface area (Å²) in [5, 5.41) is 9.66. The second kappa shape index (κ2) is 16.8. The van der Waals surface area contributed by atoms with Gasteiger partial charge >= 0.3 is 0 Å². The maximum atomic E-state index is 12.9. The second-order valence-electron chi connectivity index (χ2n) is 10.8. The number of carbonyl (C=O) groups is 3. The van der Waals surface area contributed by atoms with Crippen LogP contribution in [0.15, 0.2) is 102 Å². The molecule has 2 aliphatic heterocycles. The zero-order valence-corrected chi connectivity index (χ0v) is 26.4. The van der Waals surface area contributed by atoms with E-state index in [1.807, 2.05) is 67.6 Å². The number of likely N-dealkylation sites (N-methyl/N-ethyl adjacent to an activating group) is 1. The summed E-state index contributed by atoms with van der Waals surface area (Å²) in [5.74, 6) is -0.130. The van der Waals surface area contributed by atoms with Gasteiger partial charge in [-0.15, -0.1) is 0 Å². The van der Waals surface area contributed by atoms with Crippen LogP contribution in [0, 0.1) is 0 Å². The van der Waals surface area contributed by atoms with Crippen LogP contribution in [0.3, 0.4) is 0 Å². The van der Waals surface area contributed by atoms with Crippen molar-refractivity contribution in [2.24, 2.45) is 17.8 Å². The number of morpholine rings is 1. The fourth-order valence-electron chi connectivity index (χ4n) is 5.02. The van der Waals surface area contributed by atoms with Crippen LogP contribution in [0.4, 0.5) is 5.69 Å². The van der Waals surface area contributed by atoms with Crippen LogP contribution in [0.5, 0.6) is 0 Å². The first kappa shape index (κ1) is 33.8. The molecule has 46 heavy (non-hydrogen) atoms. The minimum atomic E-state index is -0.711. The molecule has 3 aromatic rings. The van der Waals surface area contributed by atoms with Gasteiger partial charge in [0.1, 0.15) is 17.6 Å². The number of carbonyl (C=O) groups excluding carboxylic acids is 3. The van der Waals surface area contributed by atoms with Crippen LogP contribution in [0.2, 0.25) is 0 Å².